The van der Waals surface area contributed by atoms with Crippen LogP contribution in [0.2, 0.25) is 0 Å². The third-order valence-corrected chi connectivity index (χ3v) is 3.31. The molecule has 0 aromatic carbocycles. The maximum absolute atomic E-state index is 11.4. The molecular formula is C12H24N2O. The van der Waals surface area contributed by atoms with Gasteiger partial charge in [0.2, 0.25) is 5.91 Å². The minimum Gasteiger partial charge on any atom is -0.356 e. The number of amides is 1. The fourth-order valence-electron chi connectivity index (χ4n) is 2.00. The average molecular weight is 212 g/mol. The van der Waals surface area contributed by atoms with Gasteiger partial charge in [-0.1, -0.05) is 20.3 Å². The van der Waals surface area contributed by atoms with Crippen molar-refractivity contribution in [2.24, 2.45) is 11.8 Å². The number of carbonyl (C=O) groups is 1. The zero-order valence-corrected chi connectivity index (χ0v) is 10.0. The second-order valence-corrected chi connectivity index (χ2v) is 4.64. The quantitative estimate of drug-likeness (QED) is 0.726. The molecule has 1 saturated heterocycles. The van der Waals surface area contributed by atoms with Gasteiger partial charge in [-0.3, -0.25) is 4.79 Å². The van der Waals surface area contributed by atoms with Crippen LogP contribution in [0, 0.1) is 11.8 Å². The fourth-order valence-corrected chi connectivity index (χ4v) is 2.00. The molecule has 88 valence electrons. The molecule has 1 aliphatic heterocycles. The van der Waals surface area contributed by atoms with Gasteiger partial charge in [-0.15, -0.1) is 0 Å². The second kappa shape index (κ2) is 6.83. The van der Waals surface area contributed by atoms with Crippen molar-refractivity contribution in [2.45, 2.75) is 39.5 Å². The lowest BCUT2D eigenvalue weighted by atomic mass is 9.88. The zero-order chi connectivity index (χ0) is 11.1. The third-order valence-electron chi connectivity index (χ3n) is 3.31. The van der Waals surface area contributed by atoms with Gasteiger partial charge in [-0.2, -0.15) is 0 Å². The maximum atomic E-state index is 11.4. The number of hydrogen-bond acceptors (Lipinski definition) is 2. The number of carbonyl (C=O) groups excluding carboxylic acids is 1. The summed E-state index contributed by atoms with van der Waals surface area (Å²) in [6.07, 6.45) is 4.01. The summed E-state index contributed by atoms with van der Waals surface area (Å²) < 4.78 is 0. The van der Waals surface area contributed by atoms with Crippen molar-refractivity contribution in [3.05, 3.63) is 0 Å². The molecule has 0 aromatic rings. The Morgan fingerprint density at radius 3 is 3.00 bits per heavy atom. The van der Waals surface area contributed by atoms with E-state index >= 15 is 0 Å². The first-order valence-electron chi connectivity index (χ1n) is 6.21. The van der Waals surface area contributed by atoms with Crippen LogP contribution >= 0.6 is 0 Å². The van der Waals surface area contributed by atoms with Crippen molar-refractivity contribution >= 4 is 5.91 Å². The zero-order valence-electron chi connectivity index (χ0n) is 10.0. The van der Waals surface area contributed by atoms with Gasteiger partial charge >= 0.3 is 0 Å². The normalized spacial score (nSPS) is 26.3. The lowest BCUT2D eigenvalue weighted by Gasteiger charge is -2.29. The molecule has 0 radical (unpaired) electrons. The van der Waals surface area contributed by atoms with E-state index in [4.69, 9.17) is 0 Å². The van der Waals surface area contributed by atoms with Crippen molar-refractivity contribution in [1.29, 1.82) is 0 Å². The molecule has 0 bridgehead atoms. The van der Waals surface area contributed by atoms with Crippen LogP contribution < -0.4 is 10.6 Å². The number of unbranched alkanes of at least 4 members (excludes halogenated alkanes) is 1. The first kappa shape index (κ1) is 12.5. The summed E-state index contributed by atoms with van der Waals surface area (Å²) in [6, 6.07) is 0. The summed E-state index contributed by atoms with van der Waals surface area (Å²) in [5.74, 6) is 1.57. The monoisotopic (exact) mass is 212 g/mol. The summed E-state index contributed by atoms with van der Waals surface area (Å²) in [5, 5.41) is 6.42. The van der Waals surface area contributed by atoms with E-state index in [0.29, 0.717) is 12.3 Å². The highest BCUT2D eigenvalue weighted by molar-refractivity contribution is 5.75. The van der Waals surface area contributed by atoms with E-state index in [2.05, 4.69) is 24.5 Å². The summed E-state index contributed by atoms with van der Waals surface area (Å²) in [5.41, 5.74) is 0. The van der Waals surface area contributed by atoms with Crippen LogP contribution in [0.5, 0.6) is 0 Å². The Kier molecular flexibility index (Phi) is 5.69. The Balaban J connectivity index is 2.14. The van der Waals surface area contributed by atoms with Gasteiger partial charge in [0.15, 0.2) is 0 Å². The van der Waals surface area contributed by atoms with Crippen molar-refractivity contribution < 1.29 is 4.79 Å². The van der Waals surface area contributed by atoms with Crippen LogP contribution in [0.15, 0.2) is 0 Å². The lowest BCUT2D eigenvalue weighted by molar-refractivity contribution is -0.121. The van der Waals surface area contributed by atoms with Gasteiger partial charge in [0.05, 0.1) is 0 Å². The summed E-state index contributed by atoms with van der Waals surface area (Å²) in [6.45, 7) is 7.41. The molecule has 1 rings (SSSR count). The molecule has 0 saturated carbocycles. The number of piperidine rings is 1. The number of rotatable bonds is 5. The third kappa shape index (κ3) is 4.65. The van der Waals surface area contributed by atoms with Gasteiger partial charge in [-0.25, -0.2) is 0 Å². The second-order valence-electron chi connectivity index (χ2n) is 4.64. The molecule has 2 unspecified atom stereocenters. The average Bonchev–Trinajstić information content (AvgIpc) is 2.25. The Labute approximate surface area is 93.0 Å². The van der Waals surface area contributed by atoms with Gasteiger partial charge in [-0.05, 0) is 37.8 Å². The molecule has 1 amide bonds. The molecule has 2 N–H and O–H groups in total. The van der Waals surface area contributed by atoms with Gasteiger partial charge < -0.3 is 10.6 Å². The van der Waals surface area contributed by atoms with Gasteiger partial charge in [0.1, 0.15) is 0 Å². The minimum atomic E-state index is 0.217. The Bertz CT molecular complexity index is 194. The SMILES string of the molecule is CCCCC(=O)NCC1CNCCC1C. The predicted molar refractivity (Wildman–Crippen MR) is 62.7 cm³/mol. The summed E-state index contributed by atoms with van der Waals surface area (Å²) >= 11 is 0. The van der Waals surface area contributed by atoms with Crippen molar-refractivity contribution in [3.63, 3.8) is 0 Å². The van der Waals surface area contributed by atoms with Crippen LogP contribution in [-0.4, -0.2) is 25.5 Å². The van der Waals surface area contributed by atoms with E-state index < -0.39 is 0 Å². The Morgan fingerprint density at radius 1 is 1.53 bits per heavy atom. The molecule has 2 atom stereocenters. The number of nitrogens with one attached hydrogen (secondary N) is 2. The van der Waals surface area contributed by atoms with E-state index in [0.717, 1.165) is 38.4 Å². The Morgan fingerprint density at radius 2 is 2.33 bits per heavy atom. The highest BCUT2D eigenvalue weighted by atomic mass is 16.1. The highest BCUT2D eigenvalue weighted by Crippen LogP contribution is 2.17. The largest absolute Gasteiger partial charge is 0.356 e. The number of hydrogen-bond donors (Lipinski definition) is 2. The van der Waals surface area contributed by atoms with E-state index in [1.165, 1.54) is 6.42 Å². The van der Waals surface area contributed by atoms with Gasteiger partial charge in [0.25, 0.3) is 0 Å². The molecule has 3 nitrogen and oxygen atoms in total. The van der Waals surface area contributed by atoms with Crippen molar-refractivity contribution in [1.82, 2.24) is 10.6 Å². The highest BCUT2D eigenvalue weighted by Gasteiger charge is 2.20. The van der Waals surface area contributed by atoms with E-state index in [1.54, 1.807) is 0 Å². The van der Waals surface area contributed by atoms with E-state index in [-0.39, 0.29) is 5.91 Å². The molecule has 0 spiro atoms. The molecular weight excluding hydrogens is 188 g/mol. The fraction of sp³-hybridized carbons (Fsp3) is 0.917. The van der Waals surface area contributed by atoms with Crippen LogP contribution in [0.1, 0.15) is 39.5 Å². The maximum Gasteiger partial charge on any atom is 0.220 e. The van der Waals surface area contributed by atoms with E-state index in [1.807, 2.05) is 0 Å². The summed E-state index contributed by atoms with van der Waals surface area (Å²) in [4.78, 5) is 11.4. The smallest absolute Gasteiger partial charge is 0.220 e. The molecule has 15 heavy (non-hydrogen) atoms. The minimum absolute atomic E-state index is 0.217. The van der Waals surface area contributed by atoms with Crippen LogP contribution in [0.25, 0.3) is 0 Å². The van der Waals surface area contributed by atoms with Crippen LogP contribution in [-0.2, 0) is 4.79 Å². The first-order valence-corrected chi connectivity index (χ1v) is 6.21. The predicted octanol–water partition coefficient (Wildman–Crippen LogP) is 1.54. The standard InChI is InChI=1S/C12H24N2O/c1-3-4-5-12(15)14-9-11-8-13-7-6-10(11)2/h10-11,13H,3-9H2,1-2H3,(H,14,15). The molecule has 3 heteroatoms. The molecule has 0 aliphatic carbocycles. The van der Waals surface area contributed by atoms with Crippen LogP contribution in [0.3, 0.4) is 0 Å². The molecule has 1 aliphatic rings. The van der Waals surface area contributed by atoms with E-state index in [9.17, 15) is 4.79 Å². The van der Waals surface area contributed by atoms with Crippen molar-refractivity contribution in [3.8, 4) is 0 Å². The molecule has 1 heterocycles. The molecule has 1 fully saturated rings. The summed E-state index contributed by atoms with van der Waals surface area (Å²) in [7, 11) is 0. The molecule has 0 aromatic heterocycles. The first-order chi connectivity index (χ1) is 7.24. The van der Waals surface area contributed by atoms with Crippen molar-refractivity contribution in [2.75, 3.05) is 19.6 Å². The van der Waals surface area contributed by atoms with Gasteiger partial charge in [0, 0.05) is 13.0 Å². The Hall–Kier alpha value is -0.570. The van der Waals surface area contributed by atoms with Crippen LogP contribution in [0.4, 0.5) is 0 Å². The lowest BCUT2D eigenvalue weighted by Crippen LogP contribution is -2.42. The topological polar surface area (TPSA) is 41.1 Å².